The lowest BCUT2D eigenvalue weighted by Crippen LogP contribution is -2.29. The van der Waals surface area contributed by atoms with Crippen LogP contribution in [0.1, 0.15) is 4.88 Å². The van der Waals surface area contributed by atoms with Gasteiger partial charge in [0.25, 0.3) is 0 Å². The molecule has 0 atom stereocenters. The summed E-state index contributed by atoms with van der Waals surface area (Å²) in [6, 6.07) is 0. The van der Waals surface area contributed by atoms with Crippen LogP contribution in [0.3, 0.4) is 0 Å². The average Bonchev–Trinajstić information content (AvgIpc) is 2.63. The number of hydrogen-bond donors (Lipinski definition) is 3. The molecule has 1 aromatic heterocycles. The lowest BCUT2D eigenvalue weighted by atomic mass is 10.4. The van der Waals surface area contributed by atoms with Crippen LogP contribution >= 0.6 is 11.3 Å². The molecule has 0 saturated heterocycles. The molecule has 0 radical (unpaired) electrons. The first-order valence-corrected chi connectivity index (χ1v) is 5.40. The van der Waals surface area contributed by atoms with Gasteiger partial charge in [0.15, 0.2) is 5.13 Å². The predicted molar refractivity (Wildman–Crippen MR) is 56.5 cm³/mol. The molecule has 2 amide bonds. The van der Waals surface area contributed by atoms with E-state index in [-0.39, 0.29) is 18.1 Å². The molecule has 10 heteroatoms. The Morgan fingerprint density at radius 3 is 2.67 bits per heavy atom. The lowest BCUT2D eigenvalue weighted by Gasteiger charge is -2.04. The fourth-order valence-corrected chi connectivity index (χ4v) is 1.75. The van der Waals surface area contributed by atoms with E-state index in [0.29, 0.717) is 4.88 Å². The van der Waals surface area contributed by atoms with Gasteiger partial charge in [-0.05, 0) is 0 Å². The van der Waals surface area contributed by atoms with Crippen LogP contribution < -0.4 is 10.6 Å². The molecular weight excluding hydrogens is 275 g/mol. The van der Waals surface area contributed by atoms with Crippen LogP contribution in [0.15, 0.2) is 6.20 Å². The normalized spacial score (nSPS) is 11.1. The number of halogens is 3. The molecule has 0 spiro atoms. The van der Waals surface area contributed by atoms with Crippen molar-refractivity contribution in [3.63, 3.8) is 0 Å². The van der Waals surface area contributed by atoms with Crippen molar-refractivity contribution in [1.29, 1.82) is 0 Å². The highest BCUT2D eigenvalue weighted by atomic mass is 32.1. The Bertz CT molecular complexity index is 446. The van der Waals surface area contributed by atoms with Crippen LogP contribution in [0.25, 0.3) is 0 Å². The van der Waals surface area contributed by atoms with Crippen molar-refractivity contribution in [2.45, 2.75) is 12.6 Å². The fourth-order valence-electron chi connectivity index (χ4n) is 0.941. The quantitative estimate of drug-likeness (QED) is 0.780. The van der Waals surface area contributed by atoms with Crippen molar-refractivity contribution in [2.75, 3.05) is 11.9 Å². The zero-order valence-electron chi connectivity index (χ0n) is 8.74. The van der Waals surface area contributed by atoms with Gasteiger partial charge < -0.3 is 10.4 Å². The van der Waals surface area contributed by atoms with Gasteiger partial charge in [0.05, 0.1) is 0 Å². The van der Waals surface area contributed by atoms with Crippen molar-refractivity contribution in [1.82, 2.24) is 10.3 Å². The van der Waals surface area contributed by atoms with Gasteiger partial charge in [-0.25, -0.2) is 9.78 Å². The molecule has 0 unspecified atom stereocenters. The molecule has 0 aliphatic carbocycles. The molecule has 0 saturated carbocycles. The van der Waals surface area contributed by atoms with Crippen molar-refractivity contribution >= 4 is 28.5 Å². The Morgan fingerprint density at radius 2 is 2.11 bits per heavy atom. The van der Waals surface area contributed by atoms with E-state index in [2.05, 4.69) is 10.3 Å². The molecule has 1 rings (SSSR count). The number of alkyl halides is 3. The second-order valence-corrected chi connectivity index (χ2v) is 4.18. The largest absolute Gasteiger partial charge is 0.471 e. The van der Waals surface area contributed by atoms with E-state index in [9.17, 15) is 22.8 Å². The molecule has 18 heavy (non-hydrogen) atoms. The summed E-state index contributed by atoms with van der Waals surface area (Å²) >= 11 is 0.853. The van der Waals surface area contributed by atoms with Crippen LogP contribution in [0, 0.1) is 0 Å². The van der Waals surface area contributed by atoms with Crippen LogP contribution in [-0.2, 0) is 11.2 Å². The van der Waals surface area contributed by atoms with E-state index < -0.39 is 18.2 Å². The zero-order chi connectivity index (χ0) is 13.8. The number of thiazole rings is 1. The Labute approximate surface area is 103 Å². The first-order valence-electron chi connectivity index (χ1n) is 4.58. The van der Waals surface area contributed by atoms with Gasteiger partial charge in [-0.3, -0.25) is 10.1 Å². The highest BCUT2D eigenvalue weighted by molar-refractivity contribution is 7.15. The van der Waals surface area contributed by atoms with E-state index in [1.807, 2.05) is 0 Å². The summed E-state index contributed by atoms with van der Waals surface area (Å²) in [4.78, 5) is 24.9. The number of carbonyl (C=O) groups is 2. The number of rotatable bonds is 4. The third kappa shape index (κ3) is 4.57. The maximum absolute atomic E-state index is 11.9. The smallest absolute Gasteiger partial charge is 0.465 e. The molecule has 1 aromatic rings. The standard InChI is InChI=1S/C8H8F3N3O3S/c9-8(10,11)5(15)14-6-13-3-4(18-6)1-2-12-7(16)17/h3,12H,1-2H2,(H,16,17)(H,13,14,15). The monoisotopic (exact) mass is 283 g/mol. The van der Waals surface area contributed by atoms with Crippen molar-refractivity contribution in [2.24, 2.45) is 0 Å². The van der Waals surface area contributed by atoms with E-state index in [1.54, 1.807) is 5.32 Å². The predicted octanol–water partition coefficient (Wildman–Crippen LogP) is 1.45. The summed E-state index contributed by atoms with van der Waals surface area (Å²) in [6.45, 7) is 0.115. The Kier molecular flexibility index (Phi) is 4.48. The van der Waals surface area contributed by atoms with Crippen LogP contribution in [0.4, 0.5) is 23.1 Å². The molecule has 0 aromatic carbocycles. The van der Waals surface area contributed by atoms with Gasteiger partial charge >= 0.3 is 18.2 Å². The van der Waals surface area contributed by atoms with Crippen molar-refractivity contribution < 1.29 is 27.9 Å². The first kappa shape index (κ1) is 14.2. The first-order chi connectivity index (χ1) is 8.29. The van der Waals surface area contributed by atoms with E-state index in [4.69, 9.17) is 5.11 Å². The average molecular weight is 283 g/mol. The van der Waals surface area contributed by atoms with Crippen LogP contribution in [0.2, 0.25) is 0 Å². The number of amides is 2. The number of anilines is 1. The van der Waals surface area contributed by atoms with Gasteiger partial charge in [0.2, 0.25) is 0 Å². The van der Waals surface area contributed by atoms with Crippen molar-refractivity contribution in [3.8, 4) is 0 Å². The third-order valence-electron chi connectivity index (χ3n) is 1.68. The number of aromatic nitrogens is 1. The Morgan fingerprint density at radius 1 is 1.44 bits per heavy atom. The number of hydrogen-bond acceptors (Lipinski definition) is 4. The summed E-state index contributed by atoms with van der Waals surface area (Å²) in [5.74, 6) is -2.09. The lowest BCUT2D eigenvalue weighted by molar-refractivity contribution is -0.167. The summed E-state index contributed by atoms with van der Waals surface area (Å²) in [5, 5.41) is 11.8. The van der Waals surface area contributed by atoms with Gasteiger partial charge in [0, 0.05) is 24.0 Å². The second-order valence-electron chi connectivity index (χ2n) is 3.07. The SMILES string of the molecule is O=C(O)NCCc1cnc(NC(=O)C(F)(F)F)s1. The molecular formula is C8H8F3N3O3S. The Balaban J connectivity index is 2.48. The van der Waals surface area contributed by atoms with Crippen LogP contribution in [0.5, 0.6) is 0 Å². The molecule has 3 N–H and O–H groups in total. The van der Waals surface area contributed by atoms with Crippen LogP contribution in [-0.4, -0.2) is 34.8 Å². The second kappa shape index (κ2) is 5.67. The minimum absolute atomic E-state index is 0.115. The molecule has 100 valence electrons. The number of carbonyl (C=O) groups excluding carboxylic acids is 1. The molecule has 1 heterocycles. The van der Waals surface area contributed by atoms with E-state index >= 15 is 0 Å². The summed E-state index contributed by atoms with van der Waals surface area (Å²) in [6.07, 6.45) is -4.59. The molecule has 0 aliphatic heterocycles. The number of carboxylic acid groups (broad SMARTS) is 1. The van der Waals surface area contributed by atoms with Crippen molar-refractivity contribution in [3.05, 3.63) is 11.1 Å². The number of nitrogens with one attached hydrogen (secondary N) is 2. The molecule has 6 nitrogen and oxygen atoms in total. The summed E-state index contributed by atoms with van der Waals surface area (Å²) in [5.41, 5.74) is 0. The van der Waals surface area contributed by atoms with E-state index in [1.165, 1.54) is 6.20 Å². The topological polar surface area (TPSA) is 91.3 Å². The molecule has 0 aliphatic rings. The van der Waals surface area contributed by atoms with E-state index in [0.717, 1.165) is 11.3 Å². The van der Waals surface area contributed by atoms with Gasteiger partial charge in [-0.15, -0.1) is 11.3 Å². The summed E-state index contributed by atoms with van der Waals surface area (Å²) in [7, 11) is 0. The molecule has 0 fully saturated rings. The highest BCUT2D eigenvalue weighted by Gasteiger charge is 2.39. The summed E-state index contributed by atoms with van der Waals surface area (Å²) < 4.78 is 35.8. The maximum atomic E-state index is 11.9. The highest BCUT2D eigenvalue weighted by Crippen LogP contribution is 2.22. The molecule has 0 bridgehead atoms. The Hall–Kier alpha value is -1.84. The fraction of sp³-hybridized carbons (Fsp3) is 0.375. The minimum atomic E-state index is -4.96. The maximum Gasteiger partial charge on any atom is 0.471 e. The zero-order valence-corrected chi connectivity index (χ0v) is 9.56. The minimum Gasteiger partial charge on any atom is -0.465 e. The number of nitrogens with zero attached hydrogens (tertiary/aromatic N) is 1. The van der Waals surface area contributed by atoms with Gasteiger partial charge in [0.1, 0.15) is 0 Å². The third-order valence-corrected chi connectivity index (χ3v) is 2.65. The van der Waals surface area contributed by atoms with Gasteiger partial charge in [-0.1, -0.05) is 0 Å². The van der Waals surface area contributed by atoms with Gasteiger partial charge in [-0.2, -0.15) is 13.2 Å².